The molecule has 0 aliphatic carbocycles. The van der Waals surface area contributed by atoms with Crippen LogP contribution < -0.4 is 5.32 Å². The van der Waals surface area contributed by atoms with Gasteiger partial charge < -0.3 is 9.64 Å². The zero-order chi connectivity index (χ0) is 18.0. The number of anilines is 1. The van der Waals surface area contributed by atoms with Crippen molar-refractivity contribution in [2.24, 2.45) is 0 Å². The third-order valence-corrected chi connectivity index (χ3v) is 4.82. The Morgan fingerprint density at radius 3 is 2.88 bits per heavy atom. The first-order valence-corrected chi connectivity index (χ1v) is 9.17. The molecule has 2 heterocycles. The molecule has 0 radical (unpaired) electrons. The molecule has 1 aliphatic rings. The topological polar surface area (TPSA) is 67.3 Å². The van der Waals surface area contributed by atoms with Gasteiger partial charge in [-0.25, -0.2) is 9.78 Å². The highest BCUT2D eigenvalue weighted by molar-refractivity contribution is 7.09. The van der Waals surface area contributed by atoms with Crippen molar-refractivity contribution in [1.82, 2.24) is 14.3 Å². The molecule has 0 bridgehead atoms. The summed E-state index contributed by atoms with van der Waals surface area (Å²) in [5, 5.41) is 3.34. The molecule has 1 atom stereocenters. The molecule has 0 unspecified atom stereocenters. The summed E-state index contributed by atoms with van der Waals surface area (Å²) in [4.78, 5) is 18.5. The summed E-state index contributed by atoms with van der Waals surface area (Å²) in [5.41, 5.74) is 2.33. The van der Waals surface area contributed by atoms with Crippen molar-refractivity contribution in [1.29, 1.82) is 0 Å². The fourth-order valence-electron chi connectivity index (χ4n) is 2.73. The van der Waals surface area contributed by atoms with Crippen molar-refractivity contribution in [2.45, 2.75) is 38.7 Å². The van der Waals surface area contributed by atoms with Crippen LogP contribution in [0.1, 0.15) is 43.8 Å². The van der Waals surface area contributed by atoms with Crippen molar-refractivity contribution in [3.8, 4) is 0 Å². The molecule has 2 amide bonds. The molecule has 0 saturated heterocycles. The SMILES string of the molecule is CN(C[C@@H]1OCCc2ccccc21)C(=O)Nc1nc(C(C)(C)C)ns1. The number of carbonyl (C=O) groups excluding carboxylic acids is 1. The van der Waals surface area contributed by atoms with E-state index in [-0.39, 0.29) is 17.6 Å². The molecule has 1 aromatic carbocycles. The Hall–Kier alpha value is -1.99. The van der Waals surface area contributed by atoms with Crippen LogP contribution in [0.4, 0.5) is 9.93 Å². The summed E-state index contributed by atoms with van der Waals surface area (Å²) >= 11 is 1.21. The Bertz CT molecular complexity index is 754. The van der Waals surface area contributed by atoms with Crippen LogP contribution in [0, 0.1) is 0 Å². The van der Waals surface area contributed by atoms with Crippen LogP contribution in [0.15, 0.2) is 24.3 Å². The zero-order valence-corrected chi connectivity index (χ0v) is 15.9. The fraction of sp³-hybridized carbons (Fsp3) is 0.500. The van der Waals surface area contributed by atoms with E-state index >= 15 is 0 Å². The van der Waals surface area contributed by atoms with E-state index in [9.17, 15) is 4.79 Å². The maximum Gasteiger partial charge on any atom is 0.323 e. The van der Waals surface area contributed by atoms with Gasteiger partial charge in [-0.3, -0.25) is 5.32 Å². The van der Waals surface area contributed by atoms with Gasteiger partial charge in [0.1, 0.15) is 11.9 Å². The number of hydrogen-bond donors (Lipinski definition) is 1. The minimum atomic E-state index is -0.205. The fourth-order valence-corrected chi connectivity index (χ4v) is 3.47. The first kappa shape index (κ1) is 17.8. The molecule has 134 valence electrons. The van der Waals surface area contributed by atoms with Gasteiger partial charge >= 0.3 is 6.03 Å². The Kier molecular flexibility index (Phi) is 5.06. The van der Waals surface area contributed by atoms with Gasteiger partial charge in [0.2, 0.25) is 5.13 Å². The minimum absolute atomic E-state index is 0.0970. The van der Waals surface area contributed by atoms with E-state index in [1.807, 2.05) is 32.9 Å². The molecular formula is C18H24N4O2S. The van der Waals surface area contributed by atoms with E-state index in [1.165, 1.54) is 22.7 Å². The van der Waals surface area contributed by atoms with Gasteiger partial charge in [0, 0.05) is 24.0 Å². The first-order valence-electron chi connectivity index (χ1n) is 8.40. The van der Waals surface area contributed by atoms with E-state index in [2.05, 4.69) is 26.8 Å². The zero-order valence-electron chi connectivity index (χ0n) is 15.1. The van der Waals surface area contributed by atoms with E-state index in [0.29, 0.717) is 18.3 Å². The quantitative estimate of drug-likeness (QED) is 0.908. The highest BCUT2D eigenvalue weighted by Crippen LogP contribution is 2.28. The summed E-state index contributed by atoms with van der Waals surface area (Å²) in [5.74, 6) is 0.736. The van der Waals surface area contributed by atoms with Gasteiger partial charge in [-0.1, -0.05) is 45.0 Å². The number of likely N-dealkylation sites (N-methyl/N-ethyl adjacent to an activating group) is 1. The van der Waals surface area contributed by atoms with Crippen LogP contribution in [0.25, 0.3) is 0 Å². The van der Waals surface area contributed by atoms with Crippen molar-refractivity contribution < 1.29 is 9.53 Å². The number of amides is 2. The molecule has 7 heteroatoms. The number of urea groups is 1. The Labute approximate surface area is 152 Å². The predicted molar refractivity (Wildman–Crippen MR) is 99.1 cm³/mol. The summed E-state index contributed by atoms with van der Waals surface area (Å²) < 4.78 is 10.2. The smallest absolute Gasteiger partial charge is 0.323 e. The molecule has 1 aromatic heterocycles. The molecule has 2 aromatic rings. The molecule has 3 rings (SSSR count). The number of hydrogen-bond acceptors (Lipinski definition) is 5. The number of aromatic nitrogens is 2. The lowest BCUT2D eigenvalue weighted by Gasteiger charge is -2.29. The monoisotopic (exact) mass is 360 g/mol. The molecule has 6 nitrogen and oxygen atoms in total. The van der Waals surface area contributed by atoms with Crippen molar-refractivity contribution >= 4 is 22.7 Å². The highest BCUT2D eigenvalue weighted by atomic mass is 32.1. The Morgan fingerprint density at radius 2 is 2.16 bits per heavy atom. The number of nitrogens with one attached hydrogen (secondary N) is 1. The van der Waals surface area contributed by atoms with Crippen LogP contribution in [0.2, 0.25) is 0 Å². The number of carbonyl (C=O) groups is 1. The molecule has 0 spiro atoms. The number of benzene rings is 1. The molecule has 0 fully saturated rings. The van der Waals surface area contributed by atoms with Crippen LogP contribution in [-0.4, -0.2) is 40.5 Å². The first-order chi connectivity index (χ1) is 11.8. The molecule has 1 N–H and O–H groups in total. The maximum absolute atomic E-state index is 12.5. The summed E-state index contributed by atoms with van der Waals surface area (Å²) in [6.07, 6.45) is 0.823. The molecule has 0 saturated carbocycles. The van der Waals surface area contributed by atoms with Crippen LogP contribution in [0.5, 0.6) is 0 Å². The van der Waals surface area contributed by atoms with Crippen molar-refractivity contribution in [3.63, 3.8) is 0 Å². The van der Waals surface area contributed by atoms with Gasteiger partial charge in [0.15, 0.2) is 0 Å². The van der Waals surface area contributed by atoms with E-state index in [0.717, 1.165) is 12.2 Å². The lowest BCUT2D eigenvalue weighted by Crippen LogP contribution is -2.36. The van der Waals surface area contributed by atoms with Crippen molar-refractivity contribution in [2.75, 3.05) is 25.5 Å². The number of nitrogens with zero attached hydrogens (tertiary/aromatic N) is 3. The second-order valence-electron chi connectivity index (χ2n) is 7.29. The van der Waals surface area contributed by atoms with Gasteiger partial charge in [0.05, 0.1) is 13.2 Å². The van der Waals surface area contributed by atoms with E-state index in [4.69, 9.17) is 4.74 Å². The Balaban J connectivity index is 1.63. The van der Waals surface area contributed by atoms with Crippen LogP contribution in [-0.2, 0) is 16.6 Å². The summed E-state index contributed by atoms with van der Waals surface area (Å²) in [7, 11) is 1.77. The van der Waals surface area contributed by atoms with E-state index < -0.39 is 0 Å². The van der Waals surface area contributed by atoms with Gasteiger partial charge in [0.25, 0.3) is 0 Å². The van der Waals surface area contributed by atoms with Gasteiger partial charge in [-0.15, -0.1) is 0 Å². The third-order valence-electron chi connectivity index (χ3n) is 4.19. The average molecular weight is 360 g/mol. The minimum Gasteiger partial charge on any atom is -0.371 e. The summed E-state index contributed by atoms with van der Waals surface area (Å²) in [6, 6.07) is 8.05. The lowest BCUT2D eigenvalue weighted by molar-refractivity contribution is 0.0280. The van der Waals surface area contributed by atoms with Crippen LogP contribution in [0.3, 0.4) is 0 Å². The maximum atomic E-state index is 12.5. The average Bonchev–Trinajstić information content (AvgIpc) is 3.04. The molecular weight excluding hydrogens is 336 g/mol. The van der Waals surface area contributed by atoms with E-state index in [1.54, 1.807) is 11.9 Å². The lowest BCUT2D eigenvalue weighted by atomic mass is 9.96. The molecule has 1 aliphatic heterocycles. The van der Waals surface area contributed by atoms with Gasteiger partial charge in [-0.2, -0.15) is 4.37 Å². The standard InChI is InChI=1S/C18H24N4O2S/c1-18(2,3)15-19-16(25-21-15)20-17(23)22(4)11-14-13-8-6-5-7-12(13)9-10-24-14/h5-8,14H,9-11H2,1-4H3,(H,19,20,21,23)/t14-/m0/s1. The third kappa shape index (κ3) is 4.16. The van der Waals surface area contributed by atoms with Crippen LogP contribution >= 0.6 is 11.5 Å². The largest absolute Gasteiger partial charge is 0.371 e. The second kappa shape index (κ2) is 7.09. The Morgan fingerprint density at radius 1 is 1.40 bits per heavy atom. The van der Waals surface area contributed by atoms with Crippen molar-refractivity contribution in [3.05, 3.63) is 41.2 Å². The highest BCUT2D eigenvalue weighted by Gasteiger charge is 2.25. The molecule has 25 heavy (non-hydrogen) atoms. The normalized spacial score (nSPS) is 17.0. The van der Waals surface area contributed by atoms with Gasteiger partial charge in [-0.05, 0) is 17.5 Å². The number of ether oxygens (including phenoxy) is 1. The second-order valence-corrected chi connectivity index (χ2v) is 8.04. The number of fused-ring (bicyclic) bond motifs is 1. The predicted octanol–water partition coefficient (Wildman–Crippen LogP) is 3.61. The summed E-state index contributed by atoms with van der Waals surface area (Å²) in [6.45, 7) is 7.32. The number of rotatable bonds is 3.